The van der Waals surface area contributed by atoms with Crippen molar-refractivity contribution in [2.45, 2.75) is 11.1 Å². The summed E-state index contributed by atoms with van der Waals surface area (Å²) in [6, 6.07) is 11.1. The topological polar surface area (TPSA) is 97.1 Å². The van der Waals surface area contributed by atoms with Gasteiger partial charge in [-0.05, 0) is 17.7 Å². The van der Waals surface area contributed by atoms with E-state index in [1.54, 1.807) is 17.5 Å². The van der Waals surface area contributed by atoms with E-state index in [2.05, 4.69) is 15.0 Å². The number of nitrogens with two attached hydrogens (primary N) is 1. The molecular weight excluding hydrogens is 399 g/mol. The second-order valence-corrected chi connectivity index (χ2v) is 8.19. The summed E-state index contributed by atoms with van der Waals surface area (Å²) in [6.45, 7) is 0. The number of thiazole rings is 1. The Morgan fingerprint density at radius 3 is 2.62 bits per heavy atom. The number of aromatic nitrogens is 1. The van der Waals surface area contributed by atoms with Crippen molar-refractivity contribution in [1.82, 2.24) is 4.98 Å². The van der Waals surface area contributed by atoms with E-state index in [0.717, 1.165) is 29.0 Å². The van der Waals surface area contributed by atoms with E-state index in [-0.39, 0.29) is 15.8 Å². The number of anilines is 2. The van der Waals surface area contributed by atoms with E-state index in [1.165, 1.54) is 6.20 Å². The fourth-order valence-corrected chi connectivity index (χ4v) is 4.36. The maximum atomic E-state index is 14.4. The van der Waals surface area contributed by atoms with E-state index < -0.39 is 26.9 Å². The highest BCUT2D eigenvalue weighted by atomic mass is 35.5. The highest BCUT2D eigenvalue weighted by molar-refractivity contribution is 7.93. The molecule has 10 heteroatoms. The third kappa shape index (κ3) is 4.13. The molecule has 0 aliphatic rings. The summed E-state index contributed by atoms with van der Waals surface area (Å²) in [4.78, 5) is 3.24. The van der Waals surface area contributed by atoms with Crippen LogP contribution in [0.1, 0.15) is 11.7 Å². The maximum Gasteiger partial charge on any atom is 0.266 e. The molecule has 136 valence electrons. The lowest BCUT2D eigenvalue weighted by molar-refractivity contribution is 0.570. The van der Waals surface area contributed by atoms with E-state index in [9.17, 15) is 12.8 Å². The zero-order valence-corrected chi connectivity index (χ0v) is 15.6. The van der Waals surface area contributed by atoms with Gasteiger partial charge in [0.1, 0.15) is 16.9 Å². The molecule has 4 N–H and O–H groups in total. The lowest BCUT2D eigenvalue weighted by Gasteiger charge is -2.17. The van der Waals surface area contributed by atoms with Gasteiger partial charge in [0.2, 0.25) is 0 Å². The van der Waals surface area contributed by atoms with Gasteiger partial charge in [0, 0.05) is 11.6 Å². The number of sulfonamides is 1. The molecule has 26 heavy (non-hydrogen) atoms. The van der Waals surface area contributed by atoms with Gasteiger partial charge in [-0.1, -0.05) is 41.9 Å². The molecule has 0 unspecified atom stereocenters. The normalized spacial score (nSPS) is 12.6. The van der Waals surface area contributed by atoms with Crippen molar-refractivity contribution in [2.75, 3.05) is 10.0 Å². The van der Waals surface area contributed by atoms with Gasteiger partial charge in [0.05, 0.1) is 10.7 Å². The predicted molar refractivity (Wildman–Crippen MR) is 101 cm³/mol. The number of nitrogens with one attached hydrogen (secondary N) is 2. The van der Waals surface area contributed by atoms with Crippen LogP contribution in [0, 0.1) is 5.82 Å². The first-order valence-corrected chi connectivity index (χ1v) is 10.1. The van der Waals surface area contributed by atoms with E-state index in [0.29, 0.717) is 0 Å². The van der Waals surface area contributed by atoms with Gasteiger partial charge in [-0.2, -0.15) is 0 Å². The van der Waals surface area contributed by atoms with Crippen LogP contribution in [0.4, 0.5) is 15.2 Å². The van der Waals surface area contributed by atoms with Gasteiger partial charge in [-0.3, -0.25) is 4.72 Å². The average molecular weight is 413 g/mol. The summed E-state index contributed by atoms with van der Waals surface area (Å²) < 4.78 is 41.3. The van der Waals surface area contributed by atoms with Gasteiger partial charge in [-0.15, -0.1) is 11.3 Å². The number of hydrogen-bond acceptors (Lipinski definition) is 6. The van der Waals surface area contributed by atoms with Gasteiger partial charge >= 0.3 is 0 Å². The summed E-state index contributed by atoms with van der Waals surface area (Å²) in [5.74, 6) is -0.957. The molecule has 3 aromatic rings. The summed E-state index contributed by atoms with van der Waals surface area (Å²) in [5.41, 5.74) is 6.99. The second kappa shape index (κ2) is 7.58. The van der Waals surface area contributed by atoms with Gasteiger partial charge in [-0.25, -0.2) is 17.8 Å². The van der Waals surface area contributed by atoms with Crippen molar-refractivity contribution in [3.8, 4) is 0 Å². The van der Waals surface area contributed by atoms with Gasteiger partial charge in [0.15, 0.2) is 5.13 Å². The molecule has 2 aromatic carbocycles. The van der Waals surface area contributed by atoms with Crippen LogP contribution in [0.2, 0.25) is 5.02 Å². The zero-order valence-electron chi connectivity index (χ0n) is 13.2. The molecule has 0 amide bonds. The number of nitrogens with zero attached hydrogens (tertiary/aromatic N) is 1. The molecule has 0 fully saturated rings. The Bertz CT molecular complexity index is 999. The molecule has 0 aliphatic carbocycles. The maximum absolute atomic E-state index is 14.4. The molecule has 0 bridgehead atoms. The van der Waals surface area contributed by atoms with Crippen LogP contribution < -0.4 is 15.8 Å². The Balaban J connectivity index is 1.86. The lowest BCUT2D eigenvalue weighted by atomic mass is 10.1. The fraction of sp³-hybridized carbons (Fsp3) is 0.0625. The van der Waals surface area contributed by atoms with Crippen LogP contribution in [0.3, 0.4) is 0 Å². The minimum atomic E-state index is -4.15. The Kier molecular flexibility index (Phi) is 5.42. The van der Waals surface area contributed by atoms with E-state index in [4.69, 9.17) is 17.3 Å². The smallest absolute Gasteiger partial charge is 0.266 e. The molecule has 0 radical (unpaired) electrons. The van der Waals surface area contributed by atoms with Crippen LogP contribution in [-0.4, -0.2) is 13.4 Å². The molecule has 1 heterocycles. The summed E-state index contributed by atoms with van der Waals surface area (Å²) in [5, 5.41) is 4.63. The molecule has 0 saturated carbocycles. The molecular formula is C16H14ClFN4O2S2. The molecule has 0 saturated heterocycles. The number of hydrogen-bond donors (Lipinski definition) is 3. The molecule has 0 spiro atoms. The van der Waals surface area contributed by atoms with Crippen molar-refractivity contribution in [2.24, 2.45) is 5.73 Å². The van der Waals surface area contributed by atoms with Crippen LogP contribution in [0.15, 0.2) is 58.9 Å². The third-order valence-corrected chi connectivity index (χ3v) is 5.92. The highest BCUT2D eigenvalue weighted by Gasteiger charge is 2.23. The zero-order chi connectivity index (χ0) is 18.7. The minimum Gasteiger partial charge on any atom is -0.365 e. The third-order valence-electron chi connectivity index (χ3n) is 3.43. The number of halogens is 2. The Morgan fingerprint density at radius 1 is 1.23 bits per heavy atom. The predicted octanol–water partition coefficient (Wildman–Crippen LogP) is 3.81. The molecule has 0 aliphatic heterocycles. The van der Waals surface area contributed by atoms with Crippen LogP contribution in [-0.2, 0) is 10.0 Å². The van der Waals surface area contributed by atoms with Crippen molar-refractivity contribution in [3.63, 3.8) is 0 Å². The Hall–Kier alpha value is -2.20. The number of rotatable bonds is 6. The fourth-order valence-electron chi connectivity index (χ4n) is 2.20. The van der Waals surface area contributed by atoms with Crippen LogP contribution in [0.25, 0.3) is 0 Å². The first-order chi connectivity index (χ1) is 12.4. The molecule has 3 rings (SSSR count). The van der Waals surface area contributed by atoms with Gasteiger partial charge < -0.3 is 11.1 Å². The highest BCUT2D eigenvalue weighted by Crippen LogP contribution is 2.31. The Morgan fingerprint density at radius 2 is 1.96 bits per heavy atom. The Labute approximate surface area is 158 Å². The quantitative estimate of drug-likeness (QED) is 0.535. The van der Waals surface area contributed by atoms with Gasteiger partial charge in [0.25, 0.3) is 10.0 Å². The van der Waals surface area contributed by atoms with E-state index in [1.807, 2.05) is 18.2 Å². The summed E-state index contributed by atoms with van der Waals surface area (Å²) >= 11 is 7.21. The molecule has 6 nitrogen and oxygen atoms in total. The second-order valence-electron chi connectivity index (χ2n) is 5.24. The van der Waals surface area contributed by atoms with Crippen molar-refractivity contribution in [3.05, 3.63) is 70.4 Å². The summed E-state index contributed by atoms with van der Waals surface area (Å²) in [7, 11) is -4.15. The van der Waals surface area contributed by atoms with E-state index >= 15 is 0 Å². The first kappa shape index (κ1) is 18.6. The largest absolute Gasteiger partial charge is 0.365 e. The van der Waals surface area contributed by atoms with Crippen molar-refractivity contribution >= 4 is 43.8 Å². The monoisotopic (exact) mass is 412 g/mol. The summed E-state index contributed by atoms with van der Waals surface area (Å²) in [6.07, 6.45) is 0.799. The minimum absolute atomic E-state index is 0.0253. The van der Waals surface area contributed by atoms with Crippen LogP contribution >= 0.6 is 22.9 Å². The standard InChI is InChI=1S/C16H14ClFN4O2S2/c17-11-8-14(26(23,24)22-16-20-6-7-25-16)12(18)9-13(11)21-15(19)10-4-2-1-3-5-10/h1-9,15,21H,19H2,(H,20,22)/t15-/m1/s1. The molecule has 1 atom stereocenters. The number of benzene rings is 2. The van der Waals surface area contributed by atoms with Crippen molar-refractivity contribution < 1.29 is 12.8 Å². The lowest BCUT2D eigenvalue weighted by Crippen LogP contribution is -2.20. The van der Waals surface area contributed by atoms with Crippen molar-refractivity contribution in [1.29, 1.82) is 0 Å². The van der Waals surface area contributed by atoms with Crippen LogP contribution in [0.5, 0.6) is 0 Å². The first-order valence-electron chi connectivity index (χ1n) is 7.35. The average Bonchev–Trinajstić information content (AvgIpc) is 3.10. The molecule has 1 aromatic heterocycles. The SMILES string of the molecule is N[C@H](Nc1cc(F)c(S(=O)(=O)Nc2nccs2)cc1Cl)c1ccccc1.